The Morgan fingerprint density at radius 2 is 1.97 bits per heavy atom. The van der Waals surface area contributed by atoms with Crippen LogP contribution in [0.25, 0.3) is 0 Å². The summed E-state index contributed by atoms with van der Waals surface area (Å²) in [6.45, 7) is 7.94. The number of carbonyl (C=O) groups is 2. The van der Waals surface area contributed by atoms with E-state index in [1.165, 1.54) is 36.9 Å². The van der Waals surface area contributed by atoms with Crippen molar-refractivity contribution >= 4 is 11.8 Å². The van der Waals surface area contributed by atoms with E-state index in [1.54, 1.807) is 11.9 Å². The molecule has 0 spiro atoms. The van der Waals surface area contributed by atoms with Crippen molar-refractivity contribution in [2.45, 2.75) is 95.2 Å². The van der Waals surface area contributed by atoms with Gasteiger partial charge >= 0.3 is 0 Å². The van der Waals surface area contributed by atoms with E-state index in [9.17, 15) is 14.7 Å². The van der Waals surface area contributed by atoms with Gasteiger partial charge in [0.2, 0.25) is 11.8 Å². The number of rotatable bonds is 5. The second kappa shape index (κ2) is 8.21. The van der Waals surface area contributed by atoms with E-state index in [0.29, 0.717) is 36.5 Å². The Kier molecular flexibility index (Phi) is 5.32. The topological polar surface area (TPSA) is 64.1 Å². The number of aromatic hydroxyl groups is 1. The summed E-state index contributed by atoms with van der Waals surface area (Å²) in [5, 5.41) is 10.8. The van der Waals surface area contributed by atoms with E-state index >= 15 is 0 Å². The zero-order valence-electron chi connectivity index (χ0n) is 22.8. The summed E-state index contributed by atoms with van der Waals surface area (Å²) >= 11 is 0. The number of likely N-dealkylation sites (N-methyl/N-ethyl adjacent to an activating group) is 1. The molecule has 3 aliphatic carbocycles. The first-order valence-corrected chi connectivity index (χ1v) is 14.9. The van der Waals surface area contributed by atoms with Crippen LogP contribution in [0.2, 0.25) is 0 Å². The monoisotopic (exact) mass is 505 g/mol. The highest BCUT2D eigenvalue weighted by Crippen LogP contribution is 2.74. The first kappa shape index (κ1) is 24.0. The molecule has 7 atom stereocenters. The van der Waals surface area contributed by atoms with Crippen molar-refractivity contribution in [1.29, 1.82) is 0 Å². The number of piperidine rings is 1. The lowest BCUT2D eigenvalue weighted by atomic mass is 9.46. The SMILES string of the molecule is CCc1ccc(O)cc1C12CCN(CC3CC3)C(C)C13CCC1C2[C@@H](CN1C(=O)[C@H]1CCC(=O)N1C)C3. The molecule has 1 aromatic carbocycles. The number of amides is 2. The molecule has 6 aliphatic rings. The van der Waals surface area contributed by atoms with Gasteiger partial charge < -0.3 is 14.9 Å². The minimum Gasteiger partial charge on any atom is -0.508 e. The van der Waals surface area contributed by atoms with Gasteiger partial charge in [-0.15, -0.1) is 0 Å². The number of nitrogens with zero attached hydrogens (tertiary/aromatic N) is 3. The number of phenolic OH excluding ortho intramolecular Hbond substituents is 1. The fraction of sp³-hybridized carbons (Fsp3) is 0.742. The third kappa shape index (κ3) is 3.14. The van der Waals surface area contributed by atoms with Crippen LogP contribution in [0.4, 0.5) is 0 Å². The van der Waals surface area contributed by atoms with Crippen LogP contribution in [0.1, 0.15) is 76.3 Å². The third-order valence-corrected chi connectivity index (χ3v) is 12.1. The second-order valence-corrected chi connectivity index (χ2v) is 13.3. The van der Waals surface area contributed by atoms with Gasteiger partial charge in [0, 0.05) is 44.1 Å². The van der Waals surface area contributed by atoms with Crippen molar-refractivity contribution in [1.82, 2.24) is 14.7 Å². The minimum atomic E-state index is -0.291. The Labute approximate surface area is 221 Å². The number of phenols is 1. The van der Waals surface area contributed by atoms with Crippen molar-refractivity contribution in [3.05, 3.63) is 29.3 Å². The van der Waals surface area contributed by atoms with Crippen molar-refractivity contribution < 1.29 is 14.7 Å². The molecule has 3 heterocycles. The van der Waals surface area contributed by atoms with Crippen LogP contribution < -0.4 is 0 Å². The van der Waals surface area contributed by atoms with Crippen molar-refractivity contribution in [2.75, 3.05) is 26.7 Å². The summed E-state index contributed by atoms with van der Waals surface area (Å²) < 4.78 is 0. The molecule has 6 heteroatoms. The summed E-state index contributed by atoms with van der Waals surface area (Å²) in [7, 11) is 1.81. The maximum Gasteiger partial charge on any atom is 0.245 e. The zero-order chi connectivity index (χ0) is 25.7. The van der Waals surface area contributed by atoms with Gasteiger partial charge in [0.05, 0.1) is 0 Å². The molecule has 37 heavy (non-hydrogen) atoms. The molecule has 0 aromatic heterocycles. The first-order valence-electron chi connectivity index (χ1n) is 14.9. The molecule has 1 aromatic rings. The Morgan fingerprint density at radius 1 is 1.16 bits per heavy atom. The van der Waals surface area contributed by atoms with Crippen molar-refractivity contribution in [3.8, 4) is 5.75 Å². The summed E-state index contributed by atoms with van der Waals surface area (Å²) in [5.41, 5.74) is 2.94. The summed E-state index contributed by atoms with van der Waals surface area (Å²) in [5.74, 6) is 2.47. The van der Waals surface area contributed by atoms with Gasteiger partial charge in [-0.05, 0) is 111 Å². The van der Waals surface area contributed by atoms with Crippen LogP contribution in [-0.2, 0) is 21.4 Å². The van der Waals surface area contributed by atoms with Gasteiger partial charge in [-0.3, -0.25) is 14.5 Å². The number of benzene rings is 1. The fourth-order valence-electron chi connectivity index (χ4n) is 10.3. The van der Waals surface area contributed by atoms with E-state index in [4.69, 9.17) is 0 Å². The van der Waals surface area contributed by atoms with Gasteiger partial charge in [-0.2, -0.15) is 0 Å². The molecule has 3 saturated carbocycles. The smallest absolute Gasteiger partial charge is 0.245 e. The largest absolute Gasteiger partial charge is 0.508 e. The minimum absolute atomic E-state index is 0.00341. The van der Waals surface area contributed by atoms with Gasteiger partial charge in [-0.25, -0.2) is 0 Å². The Hall–Kier alpha value is -2.08. The maximum absolute atomic E-state index is 13.9. The van der Waals surface area contributed by atoms with Gasteiger partial charge in [0.25, 0.3) is 0 Å². The molecule has 2 bridgehead atoms. The number of hydrogen-bond acceptors (Lipinski definition) is 4. The third-order valence-electron chi connectivity index (χ3n) is 12.1. The highest BCUT2D eigenvalue weighted by Gasteiger charge is 2.74. The van der Waals surface area contributed by atoms with Crippen LogP contribution >= 0.6 is 0 Å². The van der Waals surface area contributed by atoms with E-state index in [0.717, 1.165) is 44.7 Å². The number of aryl methyl sites for hydroxylation is 1. The molecule has 6 nitrogen and oxygen atoms in total. The lowest BCUT2D eigenvalue weighted by Gasteiger charge is -2.63. The predicted octanol–water partition coefficient (Wildman–Crippen LogP) is 3.94. The van der Waals surface area contributed by atoms with Crippen LogP contribution in [-0.4, -0.2) is 76.4 Å². The molecule has 3 aliphatic heterocycles. The molecule has 7 rings (SSSR count). The van der Waals surface area contributed by atoms with Crippen molar-refractivity contribution in [2.24, 2.45) is 23.2 Å². The molecule has 2 amide bonds. The molecule has 0 radical (unpaired) electrons. The average molecular weight is 506 g/mol. The summed E-state index contributed by atoms with van der Waals surface area (Å²) in [6, 6.07) is 6.59. The quantitative estimate of drug-likeness (QED) is 0.658. The Morgan fingerprint density at radius 3 is 2.68 bits per heavy atom. The normalized spacial score (nSPS) is 40.9. The lowest BCUT2D eigenvalue weighted by molar-refractivity contribution is -0.145. The van der Waals surface area contributed by atoms with Gasteiger partial charge in [0.1, 0.15) is 11.8 Å². The Bertz CT molecular complexity index is 1130. The van der Waals surface area contributed by atoms with E-state index in [2.05, 4.69) is 35.8 Å². The molecular formula is C31H43N3O3. The second-order valence-electron chi connectivity index (χ2n) is 13.3. The molecule has 200 valence electrons. The molecule has 1 N–H and O–H groups in total. The van der Waals surface area contributed by atoms with Gasteiger partial charge in [-0.1, -0.05) is 13.0 Å². The maximum atomic E-state index is 13.9. The average Bonchev–Trinajstić information content (AvgIpc) is 3.49. The standard InChI is InChI=1S/C31H43N3O3/c1-4-21-7-8-23(35)15-24(21)31-13-14-33(17-20-5-6-20)19(2)30(31)12-11-25-28(31)22(16-30)18-34(25)29(37)26-9-10-27(36)32(26)3/h7-8,15,19-20,22,25-26,28,35H,4-6,9-14,16-18H2,1-3H3/t19?,22-,25?,26-,28?,30?,31?/m1/s1. The van der Waals surface area contributed by atoms with Crippen LogP contribution in [0.15, 0.2) is 18.2 Å². The molecule has 5 unspecified atom stereocenters. The zero-order valence-corrected chi connectivity index (χ0v) is 22.8. The highest BCUT2D eigenvalue weighted by molar-refractivity contribution is 5.91. The van der Waals surface area contributed by atoms with Crippen LogP contribution in [0.3, 0.4) is 0 Å². The highest BCUT2D eigenvalue weighted by atomic mass is 16.3. The van der Waals surface area contributed by atoms with Crippen molar-refractivity contribution in [3.63, 3.8) is 0 Å². The van der Waals surface area contributed by atoms with Gasteiger partial charge in [0.15, 0.2) is 0 Å². The van der Waals surface area contributed by atoms with E-state index in [1.807, 2.05) is 6.07 Å². The molecule has 3 saturated heterocycles. The number of likely N-dealkylation sites (tertiary alicyclic amines) is 3. The van der Waals surface area contributed by atoms with Crippen LogP contribution in [0.5, 0.6) is 5.75 Å². The Balaban J connectivity index is 1.32. The number of hydrogen-bond donors (Lipinski definition) is 1. The lowest BCUT2D eigenvalue weighted by Crippen LogP contribution is -2.67. The van der Waals surface area contributed by atoms with E-state index in [-0.39, 0.29) is 34.7 Å². The summed E-state index contributed by atoms with van der Waals surface area (Å²) in [4.78, 5) is 32.9. The fourth-order valence-corrected chi connectivity index (χ4v) is 10.3. The molecular weight excluding hydrogens is 462 g/mol. The first-order chi connectivity index (χ1) is 17.8. The molecule has 6 fully saturated rings. The number of carbonyl (C=O) groups excluding carboxylic acids is 2. The predicted molar refractivity (Wildman–Crippen MR) is 142 cm³/mol. The van der Waals surface area contributed by atoms with Crippen LogP contribution in [0, 0.1) is 23.2 Å². The summed E-state index contributed by atoms with van der Waals surface area (Å²) in [6.07, 6.45) is 9.40. The van der Waals surface area contributed by atoms with E-state index < -0.39 is 0 Å².